The molecule has 1 heterocycles. The highest BCUT2D eigenvalue weighted by atomic mass is 35.5. The zero-order valence-corrected chi connectivity index (χ0v) is 18.0. The van der Waals surface area contributed by atoms with E-state index < -0.39 is 20.9 Å². The van der Waals surface area contributed by atoms with Crippen molar-refractivity contribution in [1.82, 2.24) is 9.97 Å². The molecule has 0 saturated carbocycles. The summed E-state index contributed by atoms with van der Waals surface area (Å²) in [6.45, 7) is 4.31. The fourth-order valence-electron chi connectivity index (χ4n) is 2.62. The number of aryl methyl sites for hydroxylation is 1. The summed E-state index contributed by atoms with van der Waals surface area (Å²) in [7, 11) is -3.86. The van der Waals surface area contributed by atoms with Crippen molar-refractivity contribution in [3.05, 3.63) is 76.6 Å². The van der Waals surface area contributed by atoms with Gasteiger partial charge in [0.1, 0.15) is 5.75 Å². The number of nitrogens with one attached hydrogen (secondary N) is 1. The van der Waals surface area contributed by atoms with Crippen molar-refractivity contribution in [3.8, 4) is 5.75 Å². The van der Waals surface area contributed by atoms with Crippen LogP contribution in [0.1, 0.15) is 28.5 Å². The Hall–Kier alpha value is -2.97. The van der Waals surface area contributed by atoms with Gasteiger partial charge < -0.3 is 10.1 Å². The number of ether oxygens (including phenoxy) is 1. The van der Waals surface area contributed by atoms with Gasteiger partial charge in [0, 0.05) is 5.69 Å². The summed E-state index contributed by atoms with van der Waals surface area (Å²) >= 11 is 6.05. The fourth-order valence-corrected chi connectivity index (χ4v) is 4.00. The Morgan fingerprint density at radius 1 is 1.10 bits per heavy atom. The molecule has 0 aliphatic carbocycles. The van der Waals surface area contributed by atoms with E-state index in [0.717, 1.165) is 11.8 Å². The number of carbonyl (C=O) groups is 1. The Bertz CT molecular complexity index is 1150. The van der Waals surface area contributed by atoms with Gasteiger partial charge in [-0.15, -0.1) is 0 Å². The molecular formula is C21H20ClN3O4S. The Kier molecular flexibility index (Phi) is 6.69. The minimum atomic E-state index is -3.86. The van der Waals surface area contributed by atoms with Gasteiger partial charge in [-0.2, -0.15) is 0 Å². The summed E-state index contributed by atoms with van der Waals surface area (Å²) in [5.41, 5.74) is 1.89. The van der Waals surface area contributed by atoms with E-state index in [4.69, 9.17) is 16.3 Å². The lowest BCUT2D eigenvalue weighted by Gasteiger charge is -2.09. The van der Waals surface area contributed by atoms with Crippen LogP contribution in [-0.2, 0) is 15.6 Å². The Morgan fingerprint density at radius 3 is 2.40 bits per heavy atom. The van der Waals surface area contributed by atoms with Crippen molar-refractivity contribution >= 4 is 33.0 Å². The van der Waals surface area contributed by atoms with E-state index in [0.29, 0.717) is 23.6 Å². The predicted octanol–water partition coefficient (Wildman–Crippen LogP) is 4.06. The van der Waals surface area contributed by atoms with Gasteiger partial charge in [0.15, 0.2) is 5.69 Å². The number of benzene rings is 2. The molecule has 3 rings (SSSR count). The van der Waals surface area contributed by atoms with Gasteiger partial charge in [-0.25, -0.2) is 18.4 Å². The van der Waals surface area contributed by atoms with Crippen LogP contribution in [0.2, 0.25) is 5.02 Å². The number of nitrogens with zero attached hydrogens (tertiary/aromatic N) is 2. The largest absolute Gasteiger partial charge is 0.494 e. The summed E-state index contributed by atoms with van der Waals surface area (Å²) in [5, 5.41) is 2.14. The van der Waals surface area contributed by atoms with Crippen LogP contribution in [-0.4, -0.2) is 30.9 Å². The van der Waals surface area contributed by atoms with E-state index in [1.165, 1.54) is 0 Å². The maximum Gasteiger partial charge on any atom is 0.275 e. The van der Waals surface area contributed by atoms with Crippen LogP contribution in [0.4, 0.5) is 5.69 Å². The van der Waals surface area contributed by atoms with Crippen LogP contribution >= 0.6 is 11.6 Å². The molecule has 1 amide bonds. The van der Waals surface area contributed by atoms with Crippen LogP contribution in [0, 0.1) is 6.92 Å². The zero-order chi connectivity index (χ0) is 21.7. The first kappa shape index (κ1) is 21.7. The van der Waals surface area contributed by atoms with Crippen LogP contribution in [0.5, 0.6) is 5.75 Å². The van der Waals surface area contributed by atoms with Crippen LogP contribution < -0.4 is 10.1 Å². The molecule has 9 heteroatoms. The van der Waals surface area contributed by atoms with Crippen molar-refractivity contribution in [2.75, 3.05) is 11.9 Å². The molecule has 0 bridgehead atoms. The monoisotopic (exact) mass is 445 g/mol. The SMILES string of the molecule is CCOc1ccc(NC(=O)c2nc(S(=O)(=O)Cc3ccc(C)cc3)ncc2Cl)cc1. The molecule has 0 radical (unpaired) electrons. The highest BCUT2D eigenvalue weighted by Crippen LogP contribution is 2.20. The number of carbonyl (C=O) groups excluding carboxylic acids is 1. The normalized spacial score (nSPS) is 11.2. The van der Waals surface area contributed by atoms with E-state index in [-0.39, 0.29) is 16.5 Å². The summed E-state index contributed by atoms with van der Waals surface area (Å²) in [4.78, 5) is 20.4. The molecular weight excluding hydrogens is 426 g/mol. The van der Waals surface area contributed by atoms with Gasteiger partial charge >= 0.3 is 0 Å². The van der Waals surface area contributed by atoms with Crippen molar-refractivity contribution in [2.45, 2.75) is 24.8 Å². The summed E-state index contributed by atoms with van der Waals surface area (Å²) in [6, 6.07) is 13.8. The molecule has 0 unspecified atom stereocenters. The van der Waals surface area contributed by atoms with E-state index in [1.807, 2.05) is 26.0 Å². The third-order valence-corrected chi connectivity index (χ3v) is 5.86. The third-order valence-electron chi connectivity index (χ3n) is 4.12. The molecule has 7 nitrogen and oxygen atoms in total. The molecule has 0 aliphatic rings. The van der Waals surface area contributed by atoms with Crippen molar-refractivity contribution < 1.29 is 17.9 Å². The zero-order valence-electron chi connectivity index (χ0n) is 16.4. The third kappa shape index (κ3) is 5.34. The van der Waals surface area contributed by atoms with Crippen molar-refractivity contribution in [2.24, 2.45) is 0 Å². The average molecular weight is 446 g/mol. The first-order valence-corrected chi connectivity index (χ1v) is 11.2. The lowest BCUT2D eigenvalue weighted by Crippen LogP contribution is -2.18. The van der Waals surface area contributed by atoms with Crippen molar-refractivity contribution in [1.29, 1.82) is 0 Å². The molecule has 3 aromatic rings. The molecule has 0 saturated heterocycles. The minimum Gasteiger partial charge on any atom is -0.494 e. The first-order chi connectivity index (χ1) is 14.3. The molecule has 1 N–H and O–H groups in total. The minimum absolute atomic E-state index is 0.0484. The molecule has 0 fully saturated rings. The number of amides is 1. The molecule has 2 aromatic carbocycles. The highest BCUT2D eigenvalue weighted by molar-refractivity contribution is 7.90. The summed E-state index contributed by atoms with van der Waals surface area (Å²) < 4.78 is 30.8. The lowest BCUT2D eigenvalue weighted by molar-refractivity contribution is 0.102. The molecule has 0 atom stereocenters. The number of hydrogen-bond acceptors (Lipinski definition) is 6. The molecule has 156 valence electrons. The average Bonchev–Trinajstić information content (AvgIpc) is 2.71. The quantitative estimate of drug-likeness (QED) is 0.550. The second-order valence-corrected chi connectivity index (χ2v) is 8.80. The topological polar surface area (TPSA) is 98.2 Å². The second-order valence-electron chi connectivity index (χ2n) is 6.51. The first-order valence-electron chi connectivity index (χ1n) is 9.13. The Morgan fingerprint density at radius 2 is 1.77 bits per heavy atom. The molecule has 30 heavy (non-hydrogen) atoms. The summed E-state index contributed by atoms with van der Waals surface area (Å²) in [5.74, 6) is -0.257. The van der Waals surface area contributed by atoms with E-state index in [9.17, 15) is 13.2 Å². The maximum absolute atomic E-state index is 12.7. The van der Waals surface area contributed by atoms with Gasteiger partial charge in [0.2, 0.25) is 15.0 Å². The smallest absolute Gasteiger partial charge is 0.275 e. The van der Waals surface area contributed by atoms with Crippen LogP contribution in [0.3, 0.4) is 0 Å². The predicted molar refractivity (Wildman–Crippen MR) is 115 cm³/mol. The highest BCUT2D eigenvalue weighted by Gasteiger charge is 2.23. The molecule has 1 aromatic heterocycles. The second kappa shape index (κ2) is 9.23. The van der Waals surface area contributed by atoms with Gasteiger partial charge in [-0.1, -0.05) is 41.4 Å². The number of sulfone groups is 1. The fraction of sp³-hybridized carbons (Fsp3) is 0.190. The van der Waals surface area contributed by atoms with Crippen LogP contribution in [0.25, 0.3) is 0 Å². The van der Waals surface area contributed by atoms with Crippen molar-refractivity contribution in [3.63, 3.8) is 0 Å². The van der Waals surface area contributed by atoms with Gasteiger partial charge in [0.05, 0.1) is 23.6 Å². The lowest BCUT2D eigenvalue weighted by atomic mass is 10.2. The number of anilines is 1. The van der Waals surface area contributed by atoms with Gasteiger partial charge in [-0.3, -0.25) is 4.79 Å². The number of hydrogen-bond donors (Lipinski definition) is 1. The van der Waals surface area contributed by atoms with Gasteiger partial charge in [0.25, 0.3) is 5.91 Å². The summed E-state index contributed by atoms with van der Waals surface area (Å²) in [6.07, 6.45) is 1.11. The Balaban J connectivity index is 1.81. The molecule has 0 aliphatic heterocycles. The van der Waals surface area contributed by atoms with Crippen LogP contribution in [0.15, 0.2) is 59.9 Å². The Labute approximate surface area is 180 Å². The number of aromatic nitrogens is 2. The standard InChI is InChI=1S/C21H20ClN3O4S/c1-3-29-17-10-8-16(9-11-17)24-20(26)19-18(22)12-23-21(25-19)30(27,28)13-15-6-4-14(2)5-7-15/h4-12H,3,13H2,1-2H3,(H,24,26). The van der Waals surface area contributed by atoms with E-state index >= 15 is 0 Å². The van der Waals surface area contributed by atoms with Gasteiger partial charge in [-0.05, 0) is 43.7 Å². The maximum atomic E-state index is 12.7. The molecule has 0 spiro atoms. The van der Waals surface area contributed by atoms with E-state index in [1.54, 1.807) is 36.4 Å². The van der Waals surface area contributed by atoms with E-state index in [2.05, 4.69) is 15.3 Å². The number of halogens is 1. The number of rotatable bonds is 7.